The van der Waals surface area contributed by atoms with E-state index in [1.54, 1.807) is 19.1 Å². The van der Waals surface area contributed by atoms with Crippen molar-refractivity contribution in [2.75, 3.05) is 23.7 Å². The number of anilines is 2. The van der Waals surface area contributed by atoms with Crippen LogP contribution in [0.3, 0.4) is 0 Å². The lowest BCUT2D eigenvalue weighted by molar-refractivity contribution is 0.0974. The molecule has 1 aliphatic rings. The van der Waals surface area contributed by atoms with Crippen molar-refractivity contribution in [3.63, 3.8) is 0 Å². The first kappa shape index (κ1) is 19.5. The molecule has 4 rings (SSSR count). The van der Waals surface area contributed by atoms with E-state index < -0.39 is 10.0 Å². The van der Waals surface area contributed by atoms with E-state index in [4.69, 9.17) is 0 Å². The molecular formula is C22H25N3O3S. The molecule has 6 nitrogen and oxygen atoms in total. The van der Waals surface area contributed by atoms with Crippen LogP contribution in [0.1, 0.15) is 40.0 Å². The molecule has 0 unspecified atom stereocenters. The quantitative estimate of drug-likeness (QED) is 0.675. The zero-order valence-electron chi connectivity index (χ0n) is 17.1. The number of rotatable bonds is 4. The molecule has 0 saturated heterocycles. The van der Waals surface area contributed by atoms with Gasteiger partial charge in [0.25, 0.3) is 10.0 Å². The predicted molar refractivity (Wildman–Crippen MR) is 117 cm³/mol. The average Bonchev–Trinajstić information content (AvgIpc) is 3.01. The Kier molecular flexibility index (Phi) is 4.65. The highest BCUT2D eigenvalue weighted by molar-refractivity contribution is 7.92. The number of nitrogens with one attached hydrogen (secondary N) is 2. The third-order valence-electron chi connectivity index (χ3n) is 5.51. The summed E-state index contributed by atoms with van der Waals surface area (Å²) in [6, 6.07) is 8.93. The summed E-state index contributed by atoms with van der Waals surface area (Å²) in [5.74, 6) is 0.126. The number of fused-ring (bicyclic) bond motifs is 3. The minimum Gasteiger partial charge on any atom is -0.377 e. The third-order valence-corrected chi connectivity index (χ3v) is 7.04. The van der Waals surface area contributed by atoms with Crippen LogP contribution in [0.15, 0.2) is 35.2 Å². The maximum Gasteiger partial charge on any atom is 0.262 e. The molecule has 0 atom stereocenters. The summed E-state index contributed by atoms with van der Waals surface area (Å²) < 4.78 is 29.0. The SMILES string of the molecule is Cc1ccc(NS(=O)(=O)c2cc3[nH]c4c(c3cc2C)C(=O)CCC4)cc1N(C)C. The van der Waals surface area contributed by atoms with Crippen molar-refractivity contribution in [2.24, 2.45) is 0 Å². The maximum atomic E-state index is 13.1. The zero-order chi connectivity index (χ0) is 20.9. The Hall–Kier alpha value is -2.80. The number of Topliss-reactive ketones (excluding diaryl/α,β-unsaturated/α-hetero) is 1. The predicted octanol–water partition coefficient (Wildman–Crippen LogP) is 4.17. The number of H-pyrrole nitrogens is 1. The second kappa shape index (κ2) is 6.91. The van der Waals surface area contributed by atoms with E-state index in [0.717, 1.165) is 40.7 Å². The van der Waals surface area contributed by atoms with Gasteiger partial charge in [0, 0.05) is 48.4 Å². The van der Waals surface area contributed by atoms with Gasteiger partial charge < -0.3 is 9.88 Å². The second-order valence-electron chi connectivity index (χ2n) is 7.92. The van der Waals surface area contributed by atoms with Crippen molar-refractivity contribution >= 4 is 38.1 Å². The fourth-order valence-electron chi connectivity index (χ4n) is 4.10. The number of nitrogens with zero attached hydrogens (tertiary/aromatic N) is 1. The minimum absolute atomic E-state index is 0.126. The van der Waals surface area contributed by atoms with Crippen LogP contribution < -0.4 is 9.62 Å². The van der Waals surface area contributed by atoms with Crippen LogP contribution in [-0.4, -0.2) is 33.3 Å². The fraction of sp³-hybridized carbons (Fsp3) is 0.318. The lowest BCUT2D eigenvalue weighted by atomic mass is 9.94. The minimum atomic E-state index is -3.78. The van der Waals surface area contributed by atoms with E-state index in [2.05, 4.69) is 9.71 Å². The van der Waals surface area contributed by atoms with Gasteiger partial charge in [-0.1, -0.05) is 6.07 Å². The van der Waals surface area contributed by atoms with Crippen LogP contribution in [0.5, 0.6) is 0 Å². The van der Waals surface area contributed by atoms with Gasteiger partial charge in [0.05, 0.1) is 10.6 Å². The van der Waals surface area contributed by atoms with Gasteiger partial charge in [0.2, 0.25) is 0 Å². The summed E-state index contributed by atoms with van der Waals surface area (Å²) >= 11 is 0. The molecule has 29 heavy (non-hydrogen) atoms. The van der Waals surface area contributed by atoms with Gasteiger partial charge >= 0.3 is 0 Å². The first-order chi connectivity index (χ1) is 13.7. The number of hydrogen-bond donors (Lipinski definition) is 2. The summed E-state index contributed by atoms with van der Waals surface area (Å²) in [6.07, 6.45) is 2.18. The Balaban J connectivity index is 1.76. The largest absolute Gasteiger partial charge is 0.377 e. The van der Waals surface area contributed by atoms with Crippen LogP contribution in [0.4, 0.5) is 11.4 Å². The molecule has 0 bridgehead atoms. The molecule has 2 aromatic carbocycles. The van der Waals surface area contributed by atoms with Crippen molar-refractivity contribution in [2.45, 2.75) is 38.0 Å². The molecule has 0 saturated carbocycles. The lowest BCUT2D eigenvalue weighted by Crippen LogP contribution is -2.16. The third kappa shape index (κ3) is 3.40. The molecule has 2 N–H and O–H groups in total. The van der Waals surface area contributed by atoms with Gasteiger partial charge in [0.15, 0.2) is 5.78 Å². The Labute approximate surface area is 171 Å². The normalized spacial score (nSPS) is 14.1. The van der Waals surface area contributed by atoms with Crippen molar-refractivity contribution in [3.8, 4) is 0 Å². The highest BCUT2D eigenvalue weighted by Gasteiger charge is 2.25. The summed E-state index contributed by atoms with van der Waals surface area (Å²) in [6.45, 7) is 3.75. The van der Waals surface area contributed by atoms with Crippen molar-refractivity contribution < 1.29 is 13.2 Å². The molecule has 152 valence electrons. The van der Waals surface area contributed by atoms with E-state index in [0.29, 0.717) is 23.2 Å². The van der Waals surface area contributed by atoms with Crippen LogP contribution in [0.25, 0.3) is 10.9 Å². The molecule has 1 heterocycles. The van der Waals surface area contributed by atoms with E-state index in [9.17, 15) is 13.2 Å². The number of carbonyl (C=O) groups is 1. The molecule has 0 spiro atoms. The maximum absolute atomic E-state index is 13.1. The second-order valence-corrected chi connectivity index (χ2v) is 9.57. The number of aromatic amines is 1. The molecule has 7 heteroatoms. The van der Waals surface area contributed by atoms with Gasteiger partial charge in [-0.05, 0) is 62.1 Å². The van der Waals surface area contributed by atoms with Gasteiger partial charge in [0.1, 0.15) is 0 Å². The molecule has 0 radical (unpaired) electrons. The topological polar surface area (TPSA) is 82.3 Å². The number of benzene rings is 2. The molecule has 0 fully saturated rings. The number of sulfonamides is 1. The number of carbonyl (C=O) groups excluding carboxylic acids is 1. The van der Waals surface area contributed by atoms with Crippen molar-refractivity contribution in [1.29, 1.82) is 0 Å². The zero-order valence-corrected chi connectivity index (χ0v) is 17.9. The number of aromatic nitrogens is 1. The number of aryl methyl sites for hydroxylation is 3. The van der Waals surface area contributed by atoms with Gasteiger partial charge in [-0.25, -0.2) is 8.42 Å². The van der Waals surface area contributed by atoms with Crippen LogP contribution in [0, 0.1) is 13.8 Å². The first-order valence-corrected chi connectivity index (χ1v) is 11.1. The molecule has 0 amide bonds. The molecule has 3 aromatic rings. The van der Waals surface area contributed by atoms with Crippen LogP contribution in [-0.2, 0) is 16.4 Å². The monoisotopic (exact) mass is 411 g/mol. The van der Waals surface area contributed by atoms with Crippen LogP contribution >= 0.6 is 0 Å². The first-order valence-electron chi connectivity index (χ1n) is 9.66. The molecule has 1 aliphatic carbocycles. The number of hydrogen-bond acceptors (Lipinski definition) is 4. The average molecular weight is 412 g/mol. The van der Waals surface area contributed by atoms with E-state index >= 15 is 0 Å². The molecular weight excluding hydrogens is 386 g/mol. The summed E-state index contributed by atoms with van der Waals surface area (Å²) in [5.41, 5.74) is 5.47. The van der Waals surface area contributed by atoms with E-state index in [1.807, 2.05) is 44.1 Å². The summed E-state index contributed by atoms with van der Waals surface area (Å²) in [7, 11) is 0.0681. The van der Waals surface area contributed by atoms with Crippen LogP contribution in [0.2, 0.25) is 0 Å². The van der Waals surface area contributed by atoms with Gasteiger partial charge in [-0.15, -0.1) is 0 Å². The Bertz CT molecular complexity index is 1240. The highest BCUT2D eigenvalue weighted by atomic mass is 32.2. The van der Waals surface area contributed by atoms with Gasteiger partial charge in [-0.3, -0.25) is 9.52 Å². The smallest absolute Gasteiger partial charge is 0.262 e. The van der Waals surface area contributed by atoms with Crippen molar-refractivity contribution in [3.05, 3.63) is 52.7 Å². The van der Waals surface area contributed by atoms with Crippen molar-refractivity contribution in [1.82, 2.24) is 4.98 Å². The highest BCUT2D eigenvalue weighted by Crippen LogP contribution is 2.33. The lowest BCUT2D eigenvalue weighted by Gasteiger charge is -2.18. The standard InChI is InChI=1S/C22H25N3O3S/c1-13-8-9-15(11-19(13)25(3)4)24-29(27,28)21-12-18-16(10-14(21)2)22-17(23-18)6-5-7-20(22)26/h8-12,23-24H,5-7H2,1-4H3. The molecule has 1 aromatic heterocycles. The Morgan fingerprint density at radius 1 is 1.03 bits per heavy atom. The summed E-state index contributed by atoms with van der Waals surface area (Å²) in [4.78, 5) is 17.8. The molecule has 0 aliphatic heterocycles. The summed E-state index contributed by atoms with van der Waals surface area (Å²) in [5, 5.41) is 0.811. The van der Waals surface area contributed by atoms with Gasteiger partial charge in [-0.2, -0.15) is 0 Å². The Morgan fingerprint density at radius 3 is 2.52 bits per heavy atom. The fourth-order valence-corrected chi connectivity index (χ4v) is 5.40. The van der Waals surface area contributed by atoms with E-state index in [1.165, 1.54) is 0 Å². The number of ketones is 1. The Morgan fingerprint density at radius 2 is 1.79 bits per heavy atom. The van der Waals surface area contributed by atoms with E-state index in [-0.39, 0.29) is 10.7 Å².